The summed E-state index contributed by atoms with van der Waals surface area (Å²) in [5.41, 5.74) is 1.64. The topological polar surface area (TPSA) is 40.5 Å². The average Bonchev–Trinajstić information content (AvgIpc) is 2.40. The number of carboxylic acid groups (broad SMARTS) is 1. The molecule has 0 amide bonds. The van der Waals surface area contributed by atoms with E-state index in [1.807, 2.05) is 11.8 Å². The highest BCUT2D eigenvalue weighted by molar-refractivity contribution is 5.77. The predicted molar refractivity (Wildman–Crippen MR) is 82.9 cm³/mol. The number of likely N-dealkylation sites (N-methyl/N-ethyl adjacent to an activating group) is 1. The Kier molecular flexibility index (Phi) is 5.75. The number of benzene rings is 1. The number of hydrogen-bond donors (Lipinski definition) is 1. The van der Waals surface area contributed by atoms with Crippen LogP contribution in [0.5, 0.6) is 0 Å². The summed E-state index contributed by atoms with van der Waals surface area (Å²) in [5, 5.41) is 9.41. The molecule has 3 nitrogen and oxygen atoms in total. The summed E-state index contributed by atoms with van der Waals surface area (Å²) in [4.78, 5) is 13.5. The second-order valence-corrected chi connectivity index (χ2v) is 5.82. The zero-order chi connectivity index (χ0) is 15.3. The maximum atomic E-state index is 11.5. The van der Waals surface area contributed by atoms with E-state index in [1.165, 1.54) is 11.1 Å². The van der Waals surface area contributed by atoms with Gasteiger partial charge in [-0.15, -0.1) is 0 Å². The van der Waals surface area contributed by atoms with Gasteiger partial charge in [-0.1, -0.05) is 44.5 Å². The quantitative estimate of drug-likeness (QED) is 0.822. The van der Waals surface area contributed by atoms with Crippen LogP contribution in [0.1, 0.15) is 58.2 Å². The van der Waals surface area contributed by atoms with Crippen molar-refractivity contribution in [3.8, 4) is 0 Å². The third-order valence-corrected chi connectivity index (χ3v) is 4.05. The van der Waals surface area contributed by atoms with Crippen molar-refractivity contribution < 1.29 is 9.90 Å². The predicted octanol–water partition coefficient (Wildman–Crippen LogP) is 3.89. The fourth-order valence-corrected chi connectivity index (χ4v) is 2.71. The van der Waals surface area contributed by atoms with Crippen LogP contribution in [0.3, 0.4) is 0 Å². The van der Waals surface area contributed by atoms with Crippen molar-refractivity contribution in [1.82, 2.24) is 4.90 Å². The Hall–Kier alpha value is -1.35. The molecule has 1 unspecified atom stereocenters. The van der Waals surface area contributed by atoms with Gasteiger partial charge in [-0.3, -0.25) is 9.69 Å². The minimum Gasteiger partial charge on any atom is -0.480 e. The molecule has 0 heterocycles. The molecular weight excluding hydrogens is 250 g/mol. The van der Waals surface area contributed by atoms with Crippen molar-refractivity contribution in [2.45, 2.75) is 59.0 Å². The Morgan fingerprint density at radius 2 is 1.80 bits per heavy atom. The first-order chi connectivity index (χ1) is 9.34. The first kappa shape index (κ1) is 16.7. The molecule has 1 aromatic carbocycles. The van der Waals surface area contributed by atoms with Gasteiger partial charge >= 0.3 is 5.97 Å². The van der Waals surface area contributed by atoms with Gasteiger partial charge in [-0.2, -0.15) is 0 Å². The standard InChI is InChI=1S/C17H27NO2/c1-6-8-14-9-11-15(12-10-14)13(3)18(7-2)17(4,5)16(19)20/h9-13H,6-8H2,1-5H3,(H,19,20). The van der Waals surface area contributed by atoms with Crippen LogP contribution in [-0.4, -0.2) is 28.1 Å². The van der Waals surface area contributed by atoms with Crippen LogP contribution in [0.4, 0.5) is 0 Å². The first-order valence-electron chi connectivity index (χ1n) is 7.43. The second-order valence-electron chi connectivity index (χ2n) is 5.82. The van der Waals surface area contributed by atoms with E-state index < -0.39 is 11.5 Å². The number of nitrogens with zero attached hydrogens (tertiary/aromatic N) is 1. The van der Waals surface area contributed by atoms with E-state index in [0.717, 1.165) is 12.8 Å². The maximum Gasteiger partial charge on any atom is 0.323 e. The number of carbonyl (C=O) groups is 1. The van der Waals surface area contributed by atoms with Crippen LogP contribution in [0.25, 0.3) is 0 Å². The summed E-state index contributed by atoms with van der Waals surface area (Å²) < 4.78 is 0. The van der Waals surface area contributed by atoms with Gasteiger partial charge in [0.2, 0.25) is 0 Å². The summed E-state index contributed by atoms with van der Waals surface area (Å²) in [6.07, 6.45) is 2.23. The molecule has 0 radical (unpaired) electrons. The van der Waals surface area contributed by atoms with E-state index in [4.69, 9.17) is 0 Å². The number of carboxylic acids is 1. The number of aryl methyl sites for hydroxylation is 1. The van der Waals surface area contributed by atoms with Crippen molar-refractivity contribution in [1.29, 1.82) is 0 Å². The van der Waals surface area contributed by atoms with Gasteiger partial charge in [-0.05, 0) is 44.9 Å². The molecule has 1 atom stereocenters. The number of hydrogen-bond acceptors (Lipinski definition) is 2. The minimum absolute atomic E-state index is 0.0850. The lowest BCUT2D eigenvalue weighted by Gasteiger charge is -2.39. The van der Waals surface area contributed by atoms with Crippen molar-refractivity contribution in [3.05, 3.63) is 35.4 Å². The zero-order valence-electron chi connectivity index (χ0n) is 13.3. The lowest BCUT2D eigenvalue weighted by Crippen LogP contribution is -2.50. The van der Waals surface area contributed by atoms with Crippen molar-refractivity contribution in [2.75, 3.05) is 6.54 Å². The molecule has 20 heavy (non-hydrogen) atoms. The summed E-state index contributed by atoms with van der Waals surface area (Å²) in [6.45, 7) is 10.5. The molecule has 0 saturated carbocycles. The summed E-state index contributed by atoms with van der Waals surface area (Å²) in [5.74, 6) is -0.784. The Balaban J connectivity index is 2.96. The molecular formula is C17H27NO2. The first-order valence-corrected chi connectivity index (χ1v) is 7.43. The van der Waals surface area contributed by atoms with Crippen molar-refractivity contribution in [2.24, 2.45) is 0 Å². The highest BCUT2D eigenvalue weighted by Gasteiger charge is 2.36. The molecule has 1 aromatic rings. The molecule has 0 spiro atoms. The fourth-order valence-electron chi connectivity index (χ4n) is 2.71. The lowest BCUT2D eigenvalue weighted by atomic mass is 9.96. The largest absolute Gasteiger partial charge is 0.480 e. The number of aliphatic carboxylic acids is 1. The van der Waals surface area contributed by atoms with E-state index in [2.05, 4.69) is 38.1 Å². The molecule has 0 aliphatic heterocycles. The van der Waals surface area contributed by atoms with Crippen LogP contribution in [-0.2, 0) is 11.2 Å². The van der Waals surface area contributed by atoms with Gasteiger partial charge in [0.15, 0.2) is 0 Å². The molecule has 0 aliphatic rings. The van der Waals surface area contributed by atoms with Gasteiger partial charge in [-0.25, -0.2) is 0 Å². The average molecular weight is 277 g/mol. The molecule has 0 saturated heterocycles. The summed E-state index contributed by atoms with van der Waals surface area (Å²) >= 11 is 0. The Labute approximate surface area is 122 Å². The molecule has 1 rings (SSSR count). The summed E-state index contributed by atoms with van der Waals surface area (Å²) in [6, 6.07) is 8.63. The Morgan fingerprint density at radius 1 is 1.25 bits per heavy atom. The van der Waals surface area contributed by atoms with Crippen molar-refractivity contribution in [3.63, 3.8) is 0 Å². The molecule has 0 fully saturated rings. The fraction of sp³-hybridized carbons (Fsp3) is 0.588. The molecule has 0 bridgehead atoms. The van der Waals surface area contributed by atoms with E-state index >= 15 is 0 Å². The maximum absolute atomic E-state index is 11.5. The third-order valence-electron chi connectivity index (χ3n) is 4.05. The third kappa shape index (κ3) is 3.60. The smallest absolute Gasteiger partial charge is 0.323 e. The molecule has 0 aromatic heterocycles. The van der Waals surface area contributed by atoms with Gasteiger partial charge in [0.05, 0.1) is 0 Å². The summed E-state index contributed by atoms with van der Waals surface area (Å²) in [7, 11) is 0. The molecule has 1 N–H and O–H groups in total. The van der Waals surface area contributed by atoms with E-state index in [9.17, 15) is 9.90 Å². The van der Waals surface area contributed by atoms with Gasteiger partial charge in [0.1, 0.15) is 5.54 Å². The van der Waals surface area contributed by atoms with Crippen LogP contribution in [0.15, 0.2) is 24.3 Å². The second kappa shape index (κ2) is 6.89. The SMILES string of the molecule is CCCc1ccc(C(C)N(CC)C(C)(C)C(=O)O)cc1. The minimum atomic E-state index is -0.865. The van der Waals surface area contributed by atoms with Crippen LogP contribution in [0.2, 0.25) is 0 Å². The van der Waals surface area contributed by atoms with E-state index in [0.29, 0.717) is 6.54 Å². The normalized spacial score (nSPS) is 13.5. The highest BCUT2D eigenvalue weighted by Crippen LogP contribution is 2.28. The van der Waals surface area contributed by atoms with Crippen LogP contribution < -0.4 is 0 Å². The number of rotatable bonds is 7. The Morgan fingerprint density at radius 3 is 2.20 bits per heavy atom. The molecule has 3 heteroatoms. The lowest BCUT2D eigenvalue weighted by molar-refractivity contribution is -0.150. The van der Waals surface area contributed by atoms with Gasteiger partial charge in [0, 0.05) is 6.04 Å². The van der Waals surface area contributed by atoms with Gasteiger partial charge in [0.25, 0.3) is 0 Å². The van der Waals surface area contributed by atoms with E-state index in [1.54, 1.807) is 13.8 Å². The van der Waals surface area contributed by atoms with Crippen LogP contribution >= 0.6 is 0 Å². The molecule has 112 valence electrons. The van der Waals surface area contributed by atoms with Crippen LogP contribution in [0, 0.1) is 0 Å². The highest BCUT2D eigenvalue weighted by atomic mass is 16.4. The van der Waals surface area contributed by atoms with E-state index in [-0.39, 0.29) is 6.04 Å². The van der Waals surface area contributed by atoms with Crippen molar-refractivity contribution >= 4 is 5.97 Å². The van der Waals surface area contributed by atoms with Gasteiger partial charge < -0.3 is 5.11 Å². The zero-order valence-corrected chi connectivity index (χ0v) is 13.3. The molecule has 0 aliphatic carbocycles. The Bertz CT molecular complexity index is 437. The monoisotopic (exact) mass is 277 g/mol.